The van der Waals surface area contributed by atoms with E-state index in [1.165, 1.54) is 0 Å². The van der Waals surface area contributed by atoms with Gasteiger partial charge in [0.15, 0.2) is 0 Å². The van der Waals surface area contributed by atoms with Gasteiger partial charge in [-0.25, -0.2) is 4.98 Å². The molecule has 0 amide bonds. The van der Waals surface area contributed by atoms with Crippen molar-refractivity contribution in [2.75, 3.05) is 0 Å². The second kappa shape index (κ2) is 14.9. The summed E-state index contributed by atoms with van der Waals surface area (Å²) in [6, 6.07) is 34.6. The molecule has 0 spiro atoms. The highest BCUT2D eigenvalue weighted by atomic mass is 16.3. The van der Waals surface area contributed by atoms with E-state index in [9.17, 15) is 5.11 Å². The van der Waals surface area contributed by atoms with Crippen LogP contribution in [0.1, 0.15) is 91.8 Å². The maximum Gasteiger partial charge on any atom is 0.149 e. The maximum atomic E-state index is 12.3. The Morgan fingerprint density at radius 3 is 2.10 bits per heavy atom. The van der Waals surface area contributed by atoms with Crippen LogP contribution in [0.25, 0.3) is 72.7 Å². The van der Waals surface area contributed by atoms with Gasteiger partial charge in [0.2, 0.25) is 0 Å². The Morgan fingerprint density at radius 2 is 1.40 bits per heavy atom. The predicted molar refractivity (Wildman–Crippen MR) is 244 cm³/mol. The summed E-state index contributed by atoms with van der Waals surface area (Å²) in [4.78, 5) is 10.3. The molecule has 2 aromatic heterocycles. The molecule has 4 nitrogen and oxygen atoms in total. The van der Waals surface area contributed by atoms with Crippen LogP contribution in [0, 0.1) is 6.92 Å². The summed E-state index contributed by atoms with van der Waals surface area (Å²) in [5.41, 5.74) is 11.7. The van der Waals surface area contributed by atoms with Gasteiger partial charge in [0.1, 0.15) is 11.6 Å². The molecule has 0 fully saturated rings. The largest absolute Gasteiger partial charge is 0.507 e. The summed E-state index contributed by atoms with van der Waals surface area (Å²) >= 11 is 0. The Balaban J connectivity index is 1.43. The fourth-order valence-electron chi connectivity index (χ4n) is 7.67. The van der Waals surface area contributed by atoms with Crippen molar-refractivity contribution >= 4 is 11.0 Å². The number of phenols is 1. The first kappa shape index (κ1) is 31.8. The van der Waals surface area contributed by atoms with Crippen LogP contribution in [0.5, 0.6) is 5.75 Å². The third-order valence-electron chi connectivity index (χ3n) is 10.8. The van der Waals surface area contributed by atoms with Crippen molar-refractivity contribution in [1.29, 1.82) is 0 Å². The van der Waals surface area contributed by atoms with Gasteiger partial charge in [-0.3, -0.25) is 9.55 Å². The van der Waals surface area contributed by atoms with Gasteiger partial charge >= 0.3 is 0 Å². The molecule has 0 saturated heterocycles. The number of aryl methyl sites for hydroxylation is 1. The quantitative estimate of drug-likeness (QED) is 0.176. The summed E-state index contributed by atoms with van der Waals surface area (Å²) < 4.78 is 53.2. The van der Waals surface area contributed by atoms with Gasteiger partial charge in [-0.05, 0) is 111 Å². The van der Waals surface area contributed by atoms with Crippen LogP contribution >= 0.6 is 0 Å². The highest BCUT2D eigenvalue weighted by Gasteiger charge is 2.27. The molecule has 0 unspecified atom stereocenters. The number of aromatic nitrogens is 3. The van der Waals surface area contributed by atoms with Crippen LogP contribution in [-0.4, -0.2) is 19.6 Å². The number of hydrogen-bond donors (Lipinski definition) is 1. The topological polar surface area (TPSA) is 50.9 Å². The third kappa shape index (κ3) is 7.36. The van der Waals surface area contributed by atoms with Gasteiger partial charge < -0.3 is 5.11 Å². The van der Waals surface area contributed by atoms with E-state index in [0.717, 1.165) is 66.8 Å². The molecule has 290 valence electrons. The molecule has 0 radical (unpaired) electrons. The summed E-state index contributed by atoms with van der Waals surface area (Å²) in [6.45, 7) is 18.6. The normalized spacial score (nSPS) is 13.7. The van der Waals surface area contributed by atoms with Gasteiger partial charge in [0.25, 0.3) is 0 Å². The van der Waals surface area contributed by atoms with Crippen LogP contribution < -0.4 is 0 Å². The van der Waals surface area contributed by atoms with Crippen molar-refractivity contribution in [3.05, 3.63) is 168 Å². The molecular formula is C54H53N3O. The number of imidazole rings is 1. The molecule has 8 aromatic rings. The molecular weight excluding hydrogens is 707 g/mol. The molecule has 1 N–H and O–H groups in total. The van der Waals surface area contributed by atoms with Crippen molar-refractivity contribution in [1.82, 2.24) is 14.5 Å². The van der Waals surface area contributed by atoms with Crippen LogP contribution in [0.2, 0.25) is 0 Å². The van der Waals surface area contributed by atoms with E-state index in [2.05, 4.69) is 101 Å². The monoisotopic (exact) mass is 765 g/mol. The molecule has 0 aliphatic heterocycles. The highest BCUT2D eigenvalue weighted by Crippen LogP contribution is 2.45. The van der Waals surface area contributed by atoms with E-state index in [1.54, 1.807) is 18.3 Å². The highest BCUT2D eigenvalue weighted by molar-refractivity contribution is 5.98. The molecule has 0 aliphatic carbocycles. The minimum Gasteiger partial charge on any atom is -0.507 e. The summed E-state index contributed by atoms with van der Waals surface area (Å²) in [5, 5.41) is 12.3. The van der Waals surface area contributed by atoms with Gasteiger partial charge in [-0.2, -0.15) is 0 Å². The van der Waals surface area contributed by atoms with Gasteiger partial charge in [0, 0.05) is 29.8 Å². The SMILES string of the molecule is [2H]c1c([2H])c([2H])c(-c2ccnc(-c3cc(-c4cccc5c4nc(-c4cc(C)cc(C(C)(C)C)c4O)n5-c4ccc(C([2H])(C)C)cc4-c4ccccc4)cc(C(C)(C)C)c3)c2)c([2H])c1[2H]. The second-order valence-corrected chi connectivity index (χ2v) is 17.5. The zero-order chi connectivity index (χ0) is 46.2. The first-order valence-corrected chi connectivity index (χ1v) is 19.8. The van der Waals surface area contributed by atoms with Gasteiger partial charge in [-0.15, -0.1) is 0 Å². The van der Waals surface area contributed by atoms with E-state index >= 15 is 0 Å². The maximum absolute atomic E-state index is 12.3. The summed E-state index contributed by atoms with van der Waals surface area (Å²) in [5.74, 6) is -0.113. The Hall–Kier alpha value is -6.26. The Kier molecular flexibility index (Phi) is 8.17. The van der Waals surface area contributed by atoms with E-state index in [4.69, 9.17) is 18.2 Å². The zero-order valence-corrected chi connectivity index (χ0v) is 34.8. The lowest BCUT2D eigenvalue weighted by Gasteiger charge is -2.23. The van der Waals surface area contributed by atoms with Crippen LogP contribution in [0.15, 0.2) is 146 Å². The number of hydrogen-bond acceptors (Lipinski definition) is 3. The van der Waals surface area contributed by atoms with Crippen LogP contribution in [0.4, 0.5) is 0 Å². The van der Waals surface area contributed by atoms with Crippen LogP contribution in [0.3, 0.4) is 0 Å². The van der Waals surface area contributed by atoms with E-state index < -0.39 is 11.9 Å². The number of phenolic OH excluding ortho intramolecular Hbond substituents is 1. The number of pyridine rings is 1. The summed E-state index contributed by atoms with van der Waals surface area (Å²) in [6.07, 6.45) is 1.61. The Labute approximate surface area is 352 Å². The summed E-state index contributed by atoms with van der Waals surface area (Å²) in [7, 11) is 0. The van der Waals surface area contributed by atoms with Crippen molar-refractivity contribution in [2.24, 2.45) is 0 Å². The lowest BCUT2D eigenvalue weighted by Crippen LogP contribution is -2.12. The first-order chi connectivity index (χ1) is 30.0. The number of aromatic hydroxyl groups is 1. The number of benzene rings is 6. The molecule has 4 heteroatoms. The zero-order valence-electron chi connectivity index (χ0n) is 40.8. The molecule has 0 atom stereocenters. The number of rotatable bonds is 7. The molecule has 0 saturated carbocycles. The predicted octanol–water partition coefficient (Wildman–Crippen LogP) is 14.5. The Morgan fingerprint density at radius 1 is 0.655 bits per heavy atom. The molecule has 58 heavy (non-hydrogen) atoms. The number of para-hydroxylation sites is 1. The molecule has 0 aliphatic rings. The molecule has 6 aromatic carbocycles. The van der Waals surface area contributed by atoms with Gasteiger partial charge in [0.05, 0.1) is 34.8 Å². The molecule has 8 rings (SSSR count). The van der Waals surface area contributed by atoms with Crippen molar-refractivity contribution in [3.63, 3.8) is 0 Å². The van der Waals surface area contributed by atoms with Crippen molar-refractivity contribution < 1.29 is 13.3 Å². The number of nitrogens with zero attached hydrogens (tertiary/aromatic N) is 3. The van der Waals surface area contributed by atoms with Crippen molar-refractivity contribution in [3.8, 4) is 67.5 Å². The Bertz CT molecular complexity index is 3110. The average molecular weight is 766 g/mol. The molecule has 0 bridgehead atoms. The lowest BCUT2D eigenvalue weighted by molar-refractivity contribution is 0.448. The first-order valence-electron chi connectivity index (χ1n) is 22.8. The number of fused-ring (bicyclic) bond motifs is 1. The fourth-order valence-corrected chi connectivity index (χ4v) is 7.67. The molecule has 2 heterocycles. The fraction of sp³-hybridized carbons (Fsp3) is 0.222. The lowest BCUT2D eigenvalue weighted by atomic mass is 9.83. The minimum atomic E-state index is -0.857. The average Bonchev–Trinajstić information content (AvgIpc) is 3.64. The smallest absolute Gasteiger partial charge is 0.149 e. The standard InChI is InChI=1S/C54H53N3O/c1-34(2)38-23-24-48(44(32-38)37-19-14-11-15-20-37)57-49-22-16-21-43(50(49)56-52(57)45-27-35(3)28-46(51(45)58)54(7,8)9)40-29-41(31-42(30-40)53(4,5)6)47-33-39(25-26-55-47)36-17-12-10-13-18-36/h10-34,58H,1-9H3/i10D,12D,13D,17D,18D,34D. The van der Waals surface area contributed by atoms with Gasteiger partial charge in [-0.1, -0.05) is 146 Å². The van der Waals surface area contributed by atoms with Crippen LogP contribution in [-0.2, 0) is 10.8 Å². The second-order valence-electron chi connectivity index (χ2n) is 17.5. The van der Waals surface area contributed by atoms with Crippen molar-refractivity contribution in [2.45, 2.75) is 79.0 Å². The third-order valence-corrected chi connectivity index (χ3v) is 10.8. The van der Waals surface area contributed by atoms with E-state index in [1.807, 2.05) is 63.2 Å². The van der Waals surface area contributed by atoms with E-state index in [0.29, 0.717) is 22.6 Å². The van der Waals surface area contributed by atoms with E-state index in [-0.39, 0.29) is 46.3 Å². The minimum absolute atomic E-state index is 0.118.